The van der Waals surface area contributed by atoms with Crippen LogP contribution in [0, 0.1) is 5.82 Å². The number of hydrogen-bond donors (Lipinski definition) is 1. The summed E-state index contributed by atoms with van der Waals surface area (Å²) in [7, 11) is 1.96. The van der Waals surface area contributed by atoms with Crippen molar-refractivity contribution in [1.29, 1.82) is 0 Å². The Morgan fingerprint density at radius 1 is 1.61 bits per heavy atom. The number of benzene rings is 1. The first kappa shape index (κ1) is 13.7. The first-order valence-corrected chi connectivity index (χ1v) is 6.46. The van der Waals surface area contributed by atoms with Crippen LogP contribution in [0.5, 0.6) is 0 Å². The molecule has 0 aromatic heterocycles. The third-order valence-corrected chi connectivity index (χ3v) is 3.83. The highest BCUT2D eigenvalue weighted by Gasteiger charge is 2.28. The van der Waals surface area contributed by atoms with Crippen LogP contribution < -0.4 is 5.73 Å². The van der Waals surface area contributed by atoms with Gasteiger partial charge in [-0.15, -0.1) is 0 Å². The van der Waals surface area contributed by atoms with Gasteiger partial charge in [-0.2, -0.15) is 0 Å². The summed E-state index contributed by atoms with van der Waals surface area (Å²) >= 11 is 5.82. The van der Waals surface area contributed by atoms with Crippen molar-refractivity contribution in [2.75, 3.05) is 26.8 Å². The van der Waals surface area contributed by atoms with E-state index in [1.165, 1.54) is 0 Å². The molecule has 0 bridgehead atoms. The fourth-order valence-corrected chi connectivity index (χ4v) is 2.57. The number of halogens is 2. The third-order valence-electron chi connectivity index (χ3n) is 3.54. The zero-order chi connectivity index (χ0) is 13.1. The molecule has 1 aliphatic heterocycles. The molecule has 0 saturated carbocycles. The number of nitrogens with two attached hydrogens (primary N) is 1. The van der Waals surface area contributed by atoms with E-state index in [9.17, 15) is 4.39 Å². The average molecular weight is 273 g/mol. The van der Waals surface area contributed by atoms with Crippen LogP contribution in [-0.2, 0) is 4.74 Å². The molecule has 0 amide bonds. The molecule has 2 rings (SSSR count). The molecule has 1 aliphatic rings. The van der Waals surface area contributed by atoms with E-state index in [-0.39, 0.29) is 22.9 Å². The van der Waals surface area contributed by atoms with Gasteiger partial charge in [-0.05, 0) is 19.5 Å². The number of rotatable bonds is 4. The van der Waals surface area contributed by atoms with E-state index in [4.69, 9.17) is 22.1 Å². The van der Waals surface area contributed by atoms with Gasteiger partial charge in [0.15, 0.2) is 0 Å². The van der Waals surface area contributed by atoms with Crippen molar-refractivity contribution < 1.29 is 9.13 Å². The first-order valence-electron chi connectivity index (χ1n) is 6.08. The number of ether oxygens (including phenoxy) is 1. The van der Waals surface area contributed by atoms with Crippen LogP contribution in [0.1, 0.15) is 18.0 Å². The van der Waals surface area contributed by atoms with Crippen molar-refractivity contribution in [3.05, 3.63) is 34.6 Å². The minimum Gasteiger partial charge on any atom is -0.380 e. The highest BCUT2D eigenvalue weighted by molar-refractivity contribution is 6.30. The van der Waals surface area contributed by atoms with Gasteiger partial charge in [0.1, 0.15) is 5.82 Å². The molecule has 0 aliphatic carbocycles. The summed E-state index contributed by atoms with van der Waals surface area (Å²) in [5, 5.41) is 0.141. The maximum atomic E-state index is 14.0. The maximum absolute atomic E-state index is 14.0. The van der Waals surface area contributed by atoms with Crippen LogP contribution in [-0.4, -0.2) is 37.7 Å². The van der Waals surface area contributed by atoms with Crippen molar-refractivity contribution in [2.45, 2.75) is 18.5 Å². The Bertz CT molecular complexity index is 410. The number of nitrogens with zero attached hydrogens (tertiary/aromatic N) is 1. The van der Waals surface area contributed by atoms with E-state index in [1.54, 1.807) is 18.2 Å². The fourth-order valence-electron chi connectivity index (χ4n) is 2.39. The van der Waals surface area contributed by atoms with Crippen LogP contribution >= 0.6 is 11.6 Å². The number of likely N-dealkylation sites (N-methyl/N-ethyl adjacent to an activating group) is 1. The second-order valence-corrected chi connectivity index (χ2v) is 4.98. The SMILES string of the molecule is CN(C1CCOC1)C(CN)c1cccc(Cl)c1F. The summed E-state index contributed by atoms with van der Waals surface area (Å²) in [4.78, 5) is 2.09. The van der Waals surface area contributed by atoms with Gasteiger partial charge in [-0.3, -0.25) is 4.90 Å². The largest absolute Gasteiger partial charge is 0.380 e. The van der Waals surface area contributed by atoms with Gasteiger partial charge in [0.05, 0.1) is 17.7 Å². The standard InChI is InChI=1S/C13H18ClFN2O/c1-17(9-5-6-18-8-9)12(7-16)10-3-2-4-11(14)13(10)15/h2-4,9,12H,5-8,16H2,1H3. The molecule has 1 aromatic carbocycles. The molecule has 2 unspecified atom stereocenters. The second-order valence-electron chi connectivity index (χ2n) is 4.58. The van der Waals surface area contributed by atoms with Crippen LogP contribution in [0.15, 0.2) is 18.2 Å². The average Bonchev–Trinajstić information content (AvgIpc) is 2.89. The third kappa shape index (κ3) is 2.67. The lowest BCUT2D eigenvalue weighted by Gasteiger charge is -2.32. The molecule has 2 atom stereocenters. The Morgan fingerprint density at radius 2 is 2.39 bits per heavy atom. The molecule has 3 nitrogen and oxygen atoms in total. The Morgan fingerprint density at radius 3 is 3.00 bits per heavy atom. The van der Waals surface area contributed by atoms with E-state index in [2.05, 4.69) is 4.90 Å². The lowest BCUT2D eigenvalue weighted by atomic mass is 10.0. The predicted octanol–water partition coefficient (Wildman–Crippen LogP) is 2.20. The smallest absolute Gasteiger partial charge is 0.146 e. The van der Waals surface area contributed by atoms with Gasteiger partial charge in [-0.1, -0.05) is 23.7 Å². The Hall–Kier alpha value is -0.680. The first-order chi connectivity index (χ1) is 8.65. The van der Waals surface area contributed by atoms with Crippen molar-refractivity contribution in [3.8, 4) is 0 Å². The molecular formula is C13H18ClFN2O. The molecule has 1 heterocycles. The predicted molar refractivity (Wildman–Crippen MR) is 70.2 cm³/mol. The monoisotopic (exact) mass is 272 g/mol. The molecular weight excluding hydrogens is 255 g/mol. The van der Waals surface area contributed by atoms with Crippen LogP contribution in [0.4, 0.5) is 4.39 Å². The van der Waals surface area contributed by atoms with Gasteiger partial charge < -0.3 is 10.5 Å². The summed E-state index contributed by atoms with van der Waals surface area (Å²) in [6.45, 7) is 1.78. The van der Waals surface area contributed by atoms with Gasteiger partial charge in [0, 0.05) is 24.8 Å². The zero-order valence-corrected chi connectivity index (χ0v) is 11.2. The molecule has 5 heteroatoms. The summed E-state index contributed by atoms with van der Waals surface area (Å²) in [6, 6.07) is 5.16. The maximum Gasteiger partial charge on any atom is 0.146 e. The van der Waals surface area contributed by atoms with E-state index in [0.29, 0.717) is 18.7 Å². The Balaban J connectivity index is 2.24. The van der Waals surface area contributed by atoms with Gasteiger partial charge in [0.2, 0.25) is 0 Å². The molecule has 18 heavy (non-hydrogen) atoms. The van der Waals surface area contributed by atoms with Crippen molar-refractivity contribution >= 4 is 11.6 Å². The summed E-state index contributed by atoms with van der Waals surface area (Å²) in [6.07, 6.45) is 0.954. The van der Waals surface area contributed by atoms with Gasteiger partial charge in [-0.25, -0.2) is 4.39 Å². The fraction of sp³-hybridized carbons (Fsp3) is 0.538. The molecule has 0 spiro atoms. The molecule has 1 aromatic rings. The minimum atomic E-state index is -0.375. The molecule has 1 saturated heterocycles. The van der Waals surface area contributed by atoms with Crippen molar-refractivity contribution in [2.24, 2.45) is 5.73 Å². The summed E-state index contributed by atoms with van der Waals surface area (Å²) in [5.74, 6) is -0.375. The second kappa shape index (κ2) is 5.97. The normalized spacial score (nSPS) is 21.5. The molecule has 2 N–H and O–H groups in total. The highest BCUT2D eigenvalue weighted by Crippen LogP contribution is 2.28. The zero-order valence-electron chi connectivity index (χ0n) is 10.4. The van der Waals surface area contributed by atoms with E-state index >= 15 is 0 Å². The summed E-state index contributed by atoms with van der Waals surface area (Å²) < 4.78 is 19.4. The van der Waals surface area contributed by atoms with Gasteiger partial charge >= 0.3 is 0 Å². The van der Waals surface area contributed by atoms with Crippen molar-refractivity contribution in [1.82, 2.24) is 4.90 Å². The Labute approximate surface area is 112 Å². The van der Waals surface area contributed by atoms with E-state index < -0.39 is 0 Å². The highest BCUT2D eigenvalue weighted by atomic mass is 35.5. The summed E-state index contributed by atoms with van der Waals surface area (Å²) in [5.41, 5.74) is 6.36. The number of hydrogen-bond acceptors (Lipinski definition) is 3. The van der Waals surface area contributed by atoms with Crippen LogP contribution in [0.3, 0.4) is 0 Å². The molecule has 0 radical (unpaired) electrons. The lowest BCUT2D eigenvalue weighted by molar-refractivity contribution is 0.133. The van der Waals surface area contributed by atoms with Crippen LogP contribution in [0.2, 0.25) is 5.02 Å². The lowest BCUT2D eigenvalue weighted by Crippen LogP contribution is -2.39. The topological polar surface area (TPSA) is 38.5 Å². The van der Waals surface area contributed by atoms with E-state index in [0.717, 1.165) is 13.0 Å². The minimum absolute atomic E-state index is 0.141. The van der Waals surface area contributed by atoms with Crippen LogP contribution in [0.25, 0.3) is 0 Å². The Kier molecular flexibility index (Phi) is 4.56. The van der Waals surface area contributed by atoms with E-state index in [1.807, 2.05) is 7.05 Å². The molecule has 100 valence electrons. The van der Waals surface area contributed by atoms with Crippen molar-refractivity contribution in [3.63, 3.8) is 0 Å². The molecule has 1 fully saturated rings. The van der Waals surface area contributed by atoms with Gasteiger partial charge in [0.25, 0.3) is 0 Å². The quantitative estimate of drug-likeness (QED) is 0.913.